The number of aliphatic carboxylic acids is 1. The third kappa shape index (κ3) is 5.61. The van der Waals surface area contributed by atoms with Crippen LogP contribution in [0.25, 0.3) is 0 Å². The first kappa shape index (κ1) is 17.3. The van der Waals surface area contributed by atoms with E-state index >= 15 is 0 Å². The van der Waals surface area contributed by atoms with Gasteiger partial charge < -0.3 is 21.1 Å². The molecule has 0 aromatic rings. The Morgan fingerprint density at radius 2 is 1.67 bits per heavy atom. The number of nitrogens with one attached hydrogen (secondary N) is 3. The van der Waals surface area contributed by atoms with Gasteiger partial charge in [0.2, 0.25) is 5.91 Å². The maximum atomic E-state index is 11.6. The fraction of sp³-hybridized carbons (Fsp3) is 0.786. The molecule has 0 bridgehead atoms. The van der Waals surface area contributed by atoms with Gasteiger partial charge in [-0.2, -0.15) is 0 Å². The highest BCUT2D eigenvalue weighted by molar-refractivity contribution is 5.78. The summed E-state index contributed by atoms with van der Waals surface area (Å²) in [5, 5.41) is 17.2. The smallest absolute Gasteiger partial charge is 0.314 e. The zero-order valence-corrected chi connectivity index (χ0v) is 12.7. The Balaban J connectivity index is 2.35. The van der Waals surface area contributed by atoms with Crippen molar-refractivity contribution in [2.45, 2.75) is 39.5 Å². The number of carbonyl (C=O) groups is 3. The van der Waals surface area contributed by atoms with Crippen LogP contribution < -0.4 is 16.0 Å². The van der Waals surface area contributed by atoms with Crippen LogP contribution in [0.15, 0.2) is 0 Å². The second kappa shape index (κ2) is 7.85. The highest BCUT2D eigenvalue weighted by Crippen LogP contribution is 2.38. The highest BCUT2D eigenvalue weighted by Gasteiger charge is 2.41. The van der Waals surface area contributed by atoms with E-state index < -0.39 is 17.4 Å². The maximum absolute atomic E-state index is 11.6. The van der Waals surface area contributed by atoms with Crippen LogP contribution in [0.2, 0.25) is 0 Å². The average molecular weight is 299 g/mol. The van der Waals surface area contributed by atoms with Gasteiger partial charge in [0.15, 0.2) is 0 Å². The second-order valence-corrected chi connectivity index (χ2v) is 5.86. The Hall–Kier alpha value is -1.79. The Bertz CT molecular complexity index is 390. The zero-order chi connectivity index (χ0) is 15.9. The van der Waals surface area contributed by atoms with E-state index in [1.54, 1.807) is 0 Å². The molecule has 0 aliphatic heterocycles. The van der Waals surface area contributed by atoms with Crippen molar-refractivity contribution < 1.29 is 19.5 Å². The molecule has 0 heterocycles. The molecular formula is C14H25N3O4. The van der Waals surface area contributed by atoms with E-state index in [0.717, 1.165) is 12.8 Å². The fourth-order valence-electron chi connectivity index (χ4n) is 2.51. The summed E-state index contributed by atoms with van der Waals surface area (Å²) < 4.78 is 0. The van der Waals surface area contributed by atoms with Gasteiger partial charge in [-0.05, 0) is 31.6 Å². The molecule has 4 N–H and O–H groups in total. The van der Waals surface area contributed by atoms with Crippen molar-refractivity contribution in [2.75, 3.05) is 19.6 Å². The van der Waals surface area contributed by atoms with E-state index in [4.69, 9.17) is 0 Å². The van der Waals surface area contributed by atoms with E-state index in [1.165, 1.54) is 6.92 Å². The first-order chi connectivity index (χ1) is 9.85. The fourth-order valence-corrected chi connectivity index (χ4v) is 2.51. The molecule has 1 aliphatic carbocycles. The minimum Gasteiger partial charge on any atom is -0.481 e. The van der Waals surface area contributed by atoms with Crippen LogP contribution in [0.1, 0.15) is 39.5 Å². The van der Waals surface area contributed by atoms with E-state index in [-0.39, 0.29) is 12.5 Å². The number of carboxylic acids is 1. The Morgan fingerprint density at radius 1 is 1.10 bits per heavy atom. The Morgan fingerprint density at radius 3 is 2.19 bits per heavy atom. The Labute approximate surface area is 124 Å². The molecule has 1 rings (SSSR count). The van der Waals surface area contributed by atoms with Crippen molar-refractivity contribution in [1.82, 2.24) is 16.0 Å². The van der Waals surface area contributed by atoms with Gasteiger partial charge >= 0.3 is 12.0 Å². The number of rotatable bonds is 6. The van der Waals surface area contributed by atoms with E-state index in [0.29, 0.717) is 31.8 Å². The molecule has 1 fully saturated rings. The molecule has 0 unspecified atom stereocenters. The maximum Gasteiger partial charge on any atom is 0.314 e. The topological polar surface area (TPSA) is 108 Å². The summed E-state index contributed by atoms with van der Waals surface area (Å²) in [6, 6.07) is -0.403. The van der Waals surface area contributed by atoms with Gasteiger partial charge in [0.1, 0.15) is 0 Å². The number of amides is 3. The lowest BCUT2D eigenvalue weighted by atomic mass is 9.71. The first-order valence-electron chi connectivity index (χ1n) is 7.35. The summed E-state index contributed by atoms with van der Waals surface area (Å²) in [6.07, 6.45) is 2.93. The summed E-state index contributed by atoms with van der Waals surface area (Å²) >= 11 is 0. The number of urea groups is 1. The minimum absolute atomic E-state index is 0.140. The molecule has 1 saturated carbocycles. The normalized spacial score (nSPS) is 25.0. The van der Waals surface area contributed by atoms with Crippen LogP contribution in [0.4, 0.5) is 4.79 Å². The number of hydrogen-bond acceptors (Lipinski definition) is 3. The molecule has 0 aromatic heterocycles. The molecule has 7 heteroatoms. The molecule has 0 aromatic carbocycles. The summed E-state index contributed by atoms with van der Waals surface area (Å²) in [5.74, 6) is -0.449. The third-order valence-electron chi connectivity index (χ3n) is 4.06. The van der Waals surface area contributed by atoms with E-state index in [9.17, 15) is 19.5 Å². The van der Waals surface area contributed by atoms with Gasteiger partial charge in [0, 0.05) is 26.6 Å². The second-order valence-electron chi connectivity index (χ2n) is 5.86. The highest BCUT2D eigenvalue weighted by atomic mass is 16.4. The lowest BCUT2D eigenvalue weighted by molar-refractivity contribution is -0.151. The number of hydrogen-bond donors (Lipinski definition) is 4. The van der Waals surface area contributed by atoms with Crippen molar-refractivity contribution >= 4 is 17.9 Å². The van der Waals surface area contributed by atoms with Crippen molar-refractivity contribution in [3.63, 3.8) is 0 Å². The molecule has 0 radical (unpaired) electrons. The summed E-state index contributed by atoms with van der Waals surface area (Å²) in [4.78, 5) is 33.8. The SMILES string of the molecule is CC(=O)NCCNC(=O)NCC1(C(=O)O)CCC(C)CC1. The predicted molar refractivity (Wildman–Crippen MR) is 77.8 cm³/mol. The molecule has 3 amide bonds. The van der Waals surface area contributed by atoms with E-state index in [2.05, 4.69) is 22.9 Å². The monoisotopic (exact) mass is 299 g/mol. The van der Waals surface area contributed by atoms with Crippen molar-refractivity contribution in [3.8, 4) is 0 Å². The van der Waals surface area contributed by atoms with Gasteiger partial charge in [0.05, 0.1) is 5.41 Å². The van der Waals surface area contributed by atoms with Crippen LogP contribution in [-0.2, 0) is 9.59 Å². The van der Waals surface area contributed by atoms with Gasteiger partial charge in [-0.3, -0.25) is 9.59 Å². The largest absolute Gasteiger partial charge is 0.481 e. The van der Waals surface area contributed by atoms with Gasteiger partial charge in [0.25, 0.3) is 0 Å². The standard InChI is InChI=1S/C14H25N3O4/c1-10-3-5-14(6-4-10,12(19)20)9-17-13(21)16-8-7-15-11(2)18/h10H,3-9H2,1-2H3,(H,15,18)(H,19,20)(H2,16,17,21). The van der Waals surface area contributed by atoms with Gasteiger partial charge in [-0.15, -0.1) is 0 Å². The molecule has 120 valence electrons. The molecule has 0 spiro atoms. The predicted octanol–water partition coefficient (Wildman–Crippen LogP) is 0.703. The molecule has 1 aliphatic rings. The van der Waals surface area contributed by atoms with Crippen LogP contribution in [0, 0.1) is 11.3 Å². The van der Waals surface area contributed by atoms with Crippen LogP contribution in [0.5, 0.6) is 0 Å². The van der Waals surface area contributed by atoms with Crippen molar-refractivity contribution in [3.05, 3.63) is 0 Å². The number of carbonyl (C=O) groups excluding carboxylic acids is 2. The molecule has 0 atom stereocenters. The minimum atomic E-state index is -0.846. The zero-order valence-electron chi connectivity index (χ0n) is 12.7. The van der Waals surface area contributed by atoms with Crippen LogP contribution >= 0.6 is 0 Å². The first-order valence-corrected chi connectivity index (χ1v) is 7.35. The quantitative estimate of drug-likeness (QED) is 0.541. The summed E-state index contributed by atoms with van der Waals surface area (Å²) in [7, 11) is 0. The van der Waals surface area contributed by atoms with Gasteiger partial charge in [-0.1, -0.05) is 6.92 Å². The van der Waals surface area contributed by atoms with Crippen molar-refractivity contribution in [2.24, 2.45) is 11.3 Å². The van der Waals surface area contributed by atoms with Crippen LogP contribution in [-0.4, -0.2) is 42.6 Å². The molecule has 21 heavy (non-hydrogen) atoms. The number of carboxylic acid groups (broad SMARTS) is 1. The lowest BCUT2D eigenvalue weighted by Crippen LogP contribution is -2.48. The Kier molecular flexibility index (Phi) is 6.45. The van der Waals surface area contributed by atoms with Gasteiger partial charge in [-0.25, -0.2) is 4.79 Å². The third-order valence-corrected chi connectivity index (χ3v) is 4.06. The average Bonchev–Trinajstić information content (AvgIpc) is 2.43. The lowest BCUT2D eigenvalue weighted by Gasteiger charge is -2.35. The van der Waals surface area contributed by atoms with Crippen LogP contribution in [0.3, 0.4) is 0 Å². The summed E-state index contributed by atoms with van der Waals surface area (Å²) in [5.41, 5.74) is -0.846. The van der Waals surface area contributed by atoms with Crippen molar-refractivity contribution in [1.29, 1.82) is 0 Å². The summed E-state index contributed by atoms with van der Waals surface area (Å²) in [6.45, 7) is 4.32. The molecular weight excluding hydrogens is 274 g/mol. The molecule has 7 nitrogen and oxygen atoms in total. The molecule has 0 saturated heterocycles. The van der Waals surface area contributed by atoms with E-state index in [1.807, 2.05) is 0 Å².